The first-order chi connectivity index (χ1) is 9.26. The molecular formula is C15H19NO2S. The average molecular weight is 277 g/mol. The van der Waals surface area contributed by atoms with Gasteiger partial charge in [-0.3, -0.25) is 4.79 Å². The first-order valence-electron chi connectivity index (χ1n) is 6.75. The fraction of sp³-hybridized carbons (Fsp3) is 0.533. The highest BCUT2D eigenvalue weighted by atomic mass is 32.1. The van der Waals surface area contributed by atoms with Crippen LogP contribution in [0, 0.1) is 11.8 Å². The summed E-state index contributed by atoms with van der Waals surface area (Å²) in [4.78, 5) is 15.3. The maximum Gasteiger partial charge on any atom is 0.254 e. The molecule has 0 saturated heterocycles. The molecule has 0 aliphatic heterocycles. The number of hydrogen-bond donors (Lipinski definition) is 1. The molecular weight excluding hydrogens is 258 g/mol. The van der Waals surface area contributed by atoms with Crippen LogP contribution in [0.3, 0.4) is 0 Å². The minimum atomic E-state index is -0.147. The fourth-order valence-corrected chi connectivity index (χ4v) is 2.72. The van der Waals surface area contributed by atoms with Crippen molar-refractivity contribution in [3.63, 3.8) is 0 Å². The lowest BCUT2D eigenvalue weighted by Gasteiger charge is -2.21. The number of nitrogens with zero attached hydrogens (tertiary/aromatic N) is 1. The van der Waals surface area contributed by atoms with Gasteiger partial charge < -0.3 is 10.0 Å². The van der Waals surface area contributed by atoms with Crippen LogP contribution >= 0.6 is 11.3 Å². The molecule has 1 amide bonds. The van der Waals surface area contributed by atoms with Gasteiger partial charge in [-0.05, 0) is 25.3 Å². The van der Waals surface area contributed by atoms with E-state index >= 15 is 0 Å². The van der Waals surface area contributed by atoms with Crippen molar-refractivity contribution in [2.24, 2.45) is 0 Å². The maximum atomic E-state index is 12.5. The molecule has 0 radical (unpaired) electrons. The molecule has 1 aromatic heterocycles. The Morgan fingerprint density at radius 1 is 1.58 bits per heavy atom. The minimum Gasteiger partial charge on any atom is -0.384 e. The van der Waals surface area contributed by atoms with Crippen LogP contribution in [0.1, 0.15) is 47.8 Å². The predicted molar refractivity (Wildman–Crippen MR) is 77.2 cm³/mol. The number of rotatable bonds is 5. The van der Waals surface area contributed by atoms with E-state index in [1.54, 1.807) is 0 Å². The van der Waals surface area contributed by atoms with Crippen LogP contribution in [0.4, 0.5) is 0 Å². The number of thiophene rings is 1. The van der Waals surface area contributed by atoms with Crippen molar-refractivity contribution in [3.05, 3.63) is 21.9 Å². The Morgan fingerprint density at radius 2 is 2.37 bits per heavy atom. The highest BCUT2D eigenvalue weighted by Gasteiger charge is 2.32. The monoisotopic (exact) mass is 277 g/mol. The summed E-state index contributed by atoms with van der Waals surface area (Å²) < 4.78 is 0. The number of carbonyl (C=O) groups is 1. The van der Waals surface area contributed by atoms with Gasteiger partial charge in [-0.15, -0.1) is 11.3 Å². The Balaban J connectivity index is 2.06. The van der Waals surface area contributed by atoms with Gasteiger partial charge in [0, 0.05) is 18.0 Å². The molecule has 1 aromatic rings. The van der Waals surface area contributed by atoms with E-state index in [1.807, 2.05) is 16.3 Å². The number of amides is 1. The summed E-state index contributed by atoms with van der Waals surface area (Å²) >= 11 is 1.46. The van der Waals surface area contributed by atoms with Crippen LogP contribution in [-0.4, -0.2) is 35.1 Å². The van der Waals surface area contributed by atoms with Gasteiger partial charge in [-0.25, -0.2) is 0 Å². The van der Waals surface area contributed by atoms with E-state index in [-0.39, 0.29) is 12.5 Å². The van der Waals surface area contributed by atoms with E-state index in [0.717, 1.165) is 42.7 Å². The van der Waals surface area contributed by atoms with Crippen molar-refractivity contribution in [3.8, 4) is 11.8 Å². The van der Waals surface area contributed by atoms with Gasteiger partial charge in [-0.1, -0.05) is 25.2 Å². The largest absolute Gasteiger partial charge is 0.384 e. The van der Waals surface area contributed by atoms with Gasteiger partial charge in [0.1, 0.15) is 6.61 Å². The third kappa shape index (κ3) is 3.82. The fourth-order valence-electron chi connectivity index (χ4n) is 1.97. The van der Waals surface area contributed by atoms with Gasteiger partial charge in [0.2, 0.25) is 0 Å². The van der Waals surface area contributed by atoms with Crippen molar-refractivity contribution in [1.29, 1.82) is 0 Å². The predicted octanol–water partition coefficient (Wildman–Crippen LogP) is 2.50. The zero-order valence-electron chi connectivity index (χ0n) is 11.2. The summed E-state index contributed by atoms with van der Waals surface area (Å²) in [5.74, 6) is 5.58. The molecule has 3 nitrogen and oxygen atoms in total. The maximum absolute atomic E-state index is 12.5. The van der Waals surface area contributed by atoms with Gasteiger partial charge in [0.05, 0.1) is 10.4 Å². The molecule has 1 heterocycles. The minimum absolute atomic E-state index is 0.129. The second kappa shape index (κ2) is 6.74. The summed E-state index contributed by atoms with van der Waals surface area (Å²) in [7, 11) is 0. The molecule has 102 valence electrons. The number of unbranched alkanes of at least 4 members (excludes halogenated alkanes) is 1. The summed E-state index contributed by atoms with van der Waals surface area (Å²) in [6, 6.07) is 2.28. The highest BCUT2D eigenvalue weighted by Crippen LogP contribution is 2.29. The number of aliphatic hydroxyl groups is 1. The van der Waals surface area contributed by atoms with Crippen LogP contribution in [0.2, 0.25) is 0 Å². The summed E-state index contributed by atoms with van der Waals surface area (Å²) in [5.41, 5.74) is 0.732. The van der Waals surface area contributed by atoms with Crippen LogP contribution in [0.5, 0.6) is 0 Å². The van der Waals surface area contributed by atoms with Crippen molar-refractivity contribution in [2.45, 2.75) is 38.6 Å². The van der Waals surface area contributed by atoms with Gasteiger partial charge in [0.15, 0.2) is 0 Å². The summed E-state index contributed by atoms with van der Waals surface area (Å²) in [5, 5.41) is 10.5. The molecule has 0 aromatic carbocycles. The van der Waals surface area contributed by atoms with E-state index in [4.69, 9.17) is 5.11 Å². The lowest BCUT2D eigenvalue weighted by atomic mass is 10.2. The SMILES string of the molecule is CCCCN(C(=O)c1csc(C#CCO)c1)C1CC1. The molecule has 1 saturated carbocycles. The molecule has 2 rings (SSSR count). The van der Waals surface area contributed by atoms with Crippen molar-refractivity contribution < 1.29 is 9.90 Å². The first-order valence-corrected chi connectivity index (χ1v) is 7.63. The normalized spacial score (nSPS) is 13.8. The summed E-state index contributed by atoms with van der Waals surface area (Å²) in [6.45, 7) is 2.85. The third-order valence-corrected chi connectivity index (χ3v) is 3.98. The average Bonchev–Trinajstić information content (AvgIpc) is 3.14. The van der Waals surface area contributed by atoms with E-state index in [1.165, 1.54) is 11.3 Å². The van der Waals surface area contributed by atoms with Crippen molar-refractivity contribution in [2.75, 3.05) is 13.2 Å². The van der Waals surface area contributed by atoms with Crippen molar-refractivity contribution in [1.82, 2.24) is 4.90 Å². The molecule has 0 spiro atoms. The summed E-state index contributed by atoms with van der Waals surface area (Å²) in [6.07, 6.45) is 4.43. The Bertz CT molecular complexity index is 494. The van der Waals surface area contributed by atoms with E-state index in [9.17, 15) is 4.79 Å². The molecule has 1 N–H and O–H groups in total. The number of hydrogen-bond acceptors (Lipinski definition) is 3. The molecule has 4 heteroatoms. The molecule has 0 atom stereocenters. The molecule has 19 heavy (non-hydrogen) atoms. The Hall–Kier alpha value is -1.31. The van der Waals surface area contributed by atoms with E-state index < -0.39 is 0 Å². The topological polar surface area (TPSA) is 40.5 Å². The first kappa shape index (κ1) is 14.1. The number of aliphatic hydroxyl groups excluding tert-OH is 1. The molecule has 0 unspecified atom stereocenters. The van der Waals surface area contributed by atoms with Gasteiger partial charge in [0.25, 0.3) is 5.91 Å². The third-order valence-electron chi connectivity index (χ3n) is 3.14. The van der Waals surface area contributed by atoms with Crippen LogP contribution in [0.25, 0.3) is 0 Å². The Morgan fingerprint density at radius 3 is 3.00 bits per heavy atom. The van der Waals surface area contributed by atoms with E-state index in [2.05, 4.69) is 18.8 Å². The molecule has 1 fully saturated rings. The van der Waals surface area contributed by atoms with Gasteiger partial charge >= 0.3 is 0 Å². The lowest BCUT2D eigenvalue weighted by molar-refractivity contribution is 0.0741. The standard InChI is InChI=1S/C15H19NO2S/c1-2-3-8-16(13-6-7-13)15(18)12-10-14(19-11-12)5-4-9-17/h10-11,13,17H,2-3,6-9H2,1H3. The second-order valence-electron chi connectivity index (χ2n) is 4.74. The van der Waals surface area contributed by atoms with Crippen molar-refractivity contribution >= 4 is 17.2 Å². The Labute approximate surface area is 118 Å². The Kier molecular flexibility index (Phi) is 5.00. The second-order valence-corrected chi connectivity index (χ2v) is 5.65. The van der Waals surface area contributed by atoms with Crippen LogP contribution in [0.15, 0.2) is 11.4 Å². The number of carbonyl (C=O) groups excluding carboxylic acids is 1. The van der Waals surface area contributed by atoms with Crippen LogP contribution < -0.4 is 0 Å². The molecule has 0 bridgehead atoms. The molecule has 1 aliphatic carbocycles. The quantitative estimate of drug-likeness (QED) is 0.840. The van der Waals surface area contributed by atoms with Gasteiger partial charge in [-0.2, -0.15) is 0 Å². The smallest absolute Gasteiger partial charge is 0.254 e. The van der Waals surface area contributed by atoms with Crippen LogP contribution in [-0.2, 0) is 0 Å². The molecule has 1 aliphatic rings. The zero-order chi connectivity index (χ0) is 13.7. The highest BCUT2D eigenvalue weighted by molar-refractivity contribution is 7.10. The van der Waals surface area contributed by atoms with E-state index in [0.29, 0.717) is 6.04 Å². The lowest BCUT2D eigenvalue weighted by Crippen LogP contribution is -2.33. The zero-order valence-corrected chi connectivity index (χ0v) is 12.0.